The van der Waals surface area contributed by atoms with Gasteiger partial charge in [-0.1, -0.05) is 15.9 Å². The molecule has 0 aliphatic heterocycles. The van der Waals surface area contributed by atoms with Crippen molar-refractivity contribution in [1.29, 1.82) is 0 Å². The summed E-state index contributed by atoms with van der Waals surface area (Å²) in [7, 11) is -3.64. The number of hydrogen-bond acceptors (Lipinski definition) is 5. The van der Waals surface area contributed by atoms with Crippen molar-refractivity contribution in [2.45, 2.75) is 11.4 Å². The van der Waals surface area contributed by atoms with Crippen molar-refractivity contribution in [2.75, 3.05) is 6.54 Å². The van der Waals surface area contributed by atoms with Crippen LogP contribution >= 0.6 is 15.9 Å². The normalized spacial score (nSPS) is 11.6. The number of halogens is 1. The molecule has 0 spiro atoms. The molecule has 10 heteroatoms. The molecule has 0 unspecified atom stereocenters. The van der Waals surface area contributed by atoms with Crippen LogP contribution in [-0.2, 0) is 16.6 Å². The molecule has 0 radical (unpaired) electrons. The molecule has 3 aromatic rings. The first-order chi connectivity index (χ1) is 12.0. The van der Waals surface area contributed by atoms with Crippen LogP contribution in [0.4, 0.5) is 0 Å². The number of nitrogens with zero attached hydrogens (tertiary/aromatic N) is 4. The lowest BCUT2D eigenvalue weighted by Gasteiger charge is -2.09. The van der Waals surface area contributed by atoms with Gasteiger partial charge in [-0.2, -0.15) is 5.10 Å². The number of rotatable bonds is 6. The van der Waals surface area contributed by atoms with Crippen LogP contribution in [-0.4, -0.2) is 34.5 Å². The molecule has 0 amide bonds. The summed E-state index contributed by atoms with van der Waals surface area (Å²) >= 11 is 3.26. The van der Waals surface area contributed by atoms with Gasteiger partial charge in [-0.15, -0.1) is 5.10 Å². The van der Waals surface area contributed by atoms with Gasteiger partial charge in [0.2, 0.25) is 10.0 Å². The minimum absolute atomic E-state index is 0.0356. The van der Waals surface area contributed by atoms with Crippen LogP contribution in [0.1, 0.15) is 0 Å². The maximum atomic E-state index is 12.2. The predicted octanol–water partition coefficient (Wildman–Crippen LogP) is 1.17. The molecule has 0 aliphatic rings. The number of hydrogen-bond donors (Lipinski definition) is 1. The maximum absolute atomic E-state index is 12.2. The lowest BCUT2D eigenvalue weighted by molar-refractivity contribution is 0.542. The van der Waals surface area contributed by atoms with Crippen molar-refractivity contribution in [3.05, 3.63) is 69.7 Å². The van der Waals surface area contributed by atoms with Gasteiger partial charge in [-0.05, 0) is 36.4 Å². The monoisotopic (exact) mass is 423 g/mol. The van der Waals surface area contributed by atoms with E-state index in [9.17, 15) is 13.2 Å². The molecule has 2 aromatic heterocycles. The van der Waals surface area contributed by atoms with E-state index in [2.05, 4.69) is 30.8 Å². The zero-order valence-electron chi connectivity index (χ0n) is 12.9. The van der Waals surface area contributed by atoms with Gasteiger partial charge in [0.15, 0.2) is 5.82 Å². The van der Waals surface area contributed by atoms with Crippen LogP contribution < -0.4 is 10.3 Å². The fourth-order valence-electron chi connectivity index (χ4n) is 2.11. The lowest BCUT2D eigenvalue weighted by Crippen LogP contribution is -2.32. The van der Waals surface area contributed by atoms with Gasteiger partial charge in [0.25, 0.3) is 5.56 Å². The van der Waals surface area contributed by atoms with Gasteiger partial charge in [-0.3, -0.25) is 4.79 Å². The molecule has 0 saturated carbocycles. The van der Waals surface area contributed by atoms with Crippen LogP contribution in [0.15, 0.2) is 69.0 Å². The van der Waals surface area contributed by atoms with E-state index in [0.29, 0.717) is 5.82 Å². The fourth-order valence-corrected chi connectivity index (χ4v) is 3.39. The number of sulfonamides is 1. The minimum atomic E-state index is -3.64. The highest BCUT2D eigenvalue weighted by Gasteiger charge is 2.13. The average Bonchev–Trinajstić information content (AvgIpc) is 3.11. The second-order valence-electron chi connectivity index (χ2n) is 5.06. The zero-order valence-corrected chi connectivity index (χ0v) is 15.3. The molecule has 1 aromatic carbocycles. The number of benzene rings is 1. The van der Waals surface area contributed by atoms with E-state index < -0.39 is 10.0 Å². The van der Waals surface area contributed by atoms with Crippen LogP contribution in [0.3, 0.4) is 0 Å². The SMILES string of the molecule is O=c1ccc(-n2cccn2)nn1CCNS(=O)(=O)c1ccc(Br)cc1. The van der Waals surface area contributed by atoms with E-state index in [1.807, 2.05) is 0 Å². The fraction of sp³-hybridized carbons (Fsp3) is 0.133. The summed E-state index contributed by atoms with van der Waals surface area (Å²) in [5.74, 6) is 0.473. The molecular weight excluding hydrogens is 410 g/mol. The summed E-state index contributed by atoms with van der Waals surface area (Å²) in [6.45, 7) is 0.136. The number of nitrogens with one attached hydrogen (secondary N) is 1. The summed E-state index contributed by atoms with van der Waals surface area (Å²) in [6.07, 6.45) is 3.30. The minimum Gasteiger partial charge on any atom is -0.268 e. The third-order valence-corrected chi connectivity index (χ3v) is 5.34. The Bertz CT molecular complexity index is 1010. The van der Waals surface area contributed by atoms with Crippen LogP contribution in [0.25, 0.3) is 5.82 Å². The molecule has 1 N–H and O–H groups in total. The molecule has 130 valence electrons. The molecule has 8 nitrogen and oxygen atoms in total. The van der Waals surface area contributed by atoms with Gasteiger partial charge in [0.1, 0.15) is 0 Å². The van der Waals surface area contributed by atoms with E-state index in [-0.39, 0.29) is 23.5 Å². The molecule has 0 bridgehead atoms. The van der Waals surface area contributed by atoms with E-state index in [1.165, 1.54) is 27.6 Å². The van der Waals surface area contributed by atoms with Crippen molar-refractivity contribution >= 4 is 26.0 Å². The molecule has 0 saturated heterocycles. The summed E-state index contributed by atoms with van der Waals surface area (Å²) in [6, 6.07) is 10.9. The van der Waals surface area contributed by atoms with E-state index in [0.717, 1.165) is 4.47 Å². The van der Waals surface area contributed by atoms with Crippen LogP contribution in [0.2, 0.25) is 0 Å². The molecule has 0 atom stereocenters. The Labute approximate surface area is 152 Å². The third kappa shape index (κ3) is 4.21. The van der Waals surface area contributed by atoms with Gasteiger partial charge < -0.3 is 0 Å². The van der Waals surface area contributed by atoms with Gasteiger partial charge in [-0.25, -0.2) is 22.5 Å². The van der Waals surface area contributed by atoms with Gasteiger partial charge >= 0.3 is 0 Å². The maximum Gasteiger partial charge on any atom is 0.266 e. The van der Waals surface area contributed by atoms with Crippen molar-refractivity contribution < 1.29 is 8.42 Å². The Balaban J connectivity index is 1.70. The highest BCUT2D eigenvalue weighted by Crippen LogP contribution is 2.14. The Hall–Kier alpha value is -2.30. The highest BCUT2D eigenvalue weighted by atomic mass is 79.9. The predicted molar refractivity (Wildman–Crippen MR) is 94.9 cm³/mol. The molecule has 2 heterocycles. The van der Waals surface area contributed by atoms with Gasteiger partial charge in [0, 0.05) is 29.5 Å². The van der Waals surface area contributed by atoms with E-state index in [4.69, 9.17) is 0 Å². The topological polar surface area (TPSA) is 98.9 Å². The molecule has 3 rings (SSSR count). The van der Waals surface area contributed by atoms with Crippen LogP contribution in [0.5, 0.6) is 0 Å². The Morgan fingerprint density at radius 1 is 1.12 bits per heavy atom. The van der Waals surface area contributed by atoms with E-state index >= 15 is 0 Å². The Kier molecular flexibility index (Phi) is 5.11. The van der Waals surface area contributed by atoms with Crippen molar-refractivity contribution in [3.63, 3.8) is 0 Å². The highest BCUT2D eigenvalue weighted by molar-refractivity contribution is 9.10. The summed E-state index contributed by atoms with van der Waals surface area (Å²) < 4.78 is 30.4. The summed E-state index contributed by atoms with van der Waals surface area (Å²) in [5.41, 5.74) is -0.321. The first kappa shape index (κ1) is 17.5. The molecule has 0 aliphatic carbocycles. The summed E-state index contributed by atoms with van der Waals surface area (Å²) in [4.78, 5) is 12.0. The first-order valence-electron chi connectivity index (χ1n) is 7.29. The second-order valence-corrected chi connectivity index (χ2v) is 7.74. The quantitative estimate of drug-likeness (QED) is 0.641. The number of aromatic nitrogens is 4. The van der Waals surface area contributed by atoms with Crippen molar-refractivity contribution in [3.8, 4) is 5.82 Å². The summed E-state index contributed by atoms with van der Waals surface area (Å²) in [5, 5.41) is 8.23. The largest absolute Gasteiger partial charge is 0.268 e. The molecule has 0 fully saturated rings. The Morgan fingerprint density at radius 2 is 1.88 bits per heavy atom. The van der Waals surface area contributed by atoms with Crippen molar-refractivity contribution in [2.24, 2.45) is 0 Å². The third-order valence-electron chi connectivity index (χ3n) is 3.33. The zero-order chi connectivity index (χ0) is 17.9. The second kappa shape index (κ2) is 7.30. The smallest absolute Gasteiger partial charge is 0.266 e. The average molecular weight is 424 g/mol. The molecule has 25 heavy (non-hydrogen) atoms. The lowest BCUT2D eigenvalue weighted by atomic mass is 10.4. The van der Waals surface area contributed by atoms with Gasteiger partial charge in [0.05, 0.1) is 11.4 Å². The van der Waals surface area contributed by atoms with Crippen molar-refractivity contribution in [1.82, 2.24) is 24.3 Å². The van der Waals surface area contributed by atoms with Crippen LogP contribution in [0, 0.1) is 0 Å². The van der Waals surface area contributed by atoms with E-state index in [1.54, 1.807) is 36.7 Å². The first-order valence-corrected chi connectivity index (χ1v) is 9.57. The Morgan fingerprint density at radius 3 is 2.56 bits per heavy atom. The standard InChI is InChI=1S/C15H14BrN5O3S/c16-12-2-4-13(5-3-12)25(23,24)18-9-11-21-15(22)7-6-14(19-21)20-10-1-8-17-20/h1-8,10,18H,9,11H2. The molecular formula is C15H14BrN5O3S.